The van der Waals surface area contributed by atoms with Crippen molar-refractivity contribution in [2.24, 2.45) is 5.92 Å². The third-order valence-corrected chi connectivity index (χ3v) is 3.47. The maximum Gasteiger partial charge on any atom is 0.328 e. The van der Waals surface area contributed by atoms with Crippen LogP contribution in [0.25, 0.3) is 0 Å². The van der Waals surface area contributed by atoms with Crippen LogP contribution < -0.4 is 5.32 Å². The maximum atomic E-state index is 11.7. The summed E-state index contributed by atoms with van der Waals surface area (Å²) in [7, 11) is 0. The molecule has 1 saturated heterocycles. The van der Waals surface area contributed by atoms with Gasteiger partial charge in [-0.05, 0) is 18.8 Å². The van der Waals surface area contributed by atoms with Crippen molar-refractivity contribution in [3.8, 4) is 0 Å². The molecule has 1 atom stereocenters. The van der Waals surface area contributed by atoms with E-state index in [0.29, 0.717) is 25.4 Å². The lowest BCUT2D eigenvalue weighted by Gasteiger charge is -2.21. The number of amides is 1. The smallest absolute Gasteiger partial charge is 0.328 e. The summed E-state index contributed by atoms with van der Waals surface area (Å²) in [6, 6.07) is -0.393. The van der Waals surface area contributed by atoms with E-state index >= 15 is 0 Å². The highest BCUT2D eigenvalue weighted by atomic mass is 16.5. The molecule has 2 fully saturated rings. The summed E-state index contributed by atoms with van der Waals surface area (Å²) in [4.78, 5) is 22.9. The Morgan fingerprint density at radius 1 is 1.25 bits per heavy atom. The minimum atomic E-state index is -0.393. The van der Waals surface area contributed by atoms with Crippen LogP contribution in [0.15, 0.2) is 0 Å². The number of ether oxygens (including phenoxy) is 1. The van der Waals surface area contributed by atoms with Gasteiger partial charge >= 0.3 is 5.97 Å². The Hall–Kier alpha value is -1.06. The van der Waals surface area contributed by atoms with E-state index in [1.807, 2.05) is 0 Å². The van der Waals surface area contributed by atoms with Gasteiger partial charge in [-0.25, -0.2) is 4.79 Å². The predicted octanol–water partition coefficient (Wildman–Crippen LogP) is 1.39. The van der Waals surface area contributed by atoms with E-state index in [1.54, 1.807) is 0 Å². The number of carbonyl (C=O) groups excluding carboxylic acids is 2. The summed E-state index contributed by atoms with van der Waals surface area (Å²) >= 11 is 0. The van der Waals surface area contributed by atoms with E-state index in [1.165, 1.54) is 19.3 Å². The van der Waals surface area contributed by atoms with Gasteiger partial charge in [0.05, 0.1) is 6.61 Å². The van der Waals surface area contributed by atoms with Crippen molar-refractivity contribution >= 4 is 11.9 Å². The average Bonchev–Trinajstić information content (AvgIpc) is 2.66. The number of esters is 1. The van der Waals surface area contributed by atoms with Gasteiger partial charge in [0.25, 0.3) is 0 Å². The van der Waals surface area contributed by atoms with Crippen LogP contribution in [0.2, 0.25) is 0 Å². The van der Waals surface area contributed by atoms with E-state index < -0.39 is 6.04 Å². The van der Waals surface area contributed by atoms with Gasteiger partial charge in [0.2, 0.25) is 5.91 Å². The van der Waals surface area contributed by atoms with Crippen molar-refractivity contribution in [1.29, 1.82) is 0 Å². The fourth-order valence-corrected chi connectivity index (χ4v) is 2.53. The second-order valence-electron chi connectivity index (χ2n) is 4.78. The van der Waals surface area contributed by atoms with Crippen LogP contribution in [-0.4, -0.2) is 24.5 Å². The minimum absolute atomic E-state index is 0.00995. The van der Waals surface area contributed by atoms with E-state index in [-0.39, 0.29) is 11.9 Å². The number of carbonyl (C=O) groups is 2. The molecule has 0 aromatic carbocycles. The van der Waals surface area contributed by atoms with Crippen molar-refractivity contribution in [3.63, 3.8) is 0 Å². The Balaban J connectivity index is 1.72. The number of cyclic esters (lactones) is 1. The van der Waals surface area contributed by atoms with Gasteiger partial charge in [0, 0.05) is 12.8 Å². The molecule has 4 nitrogen and oxygen atoms in total. The Bertz CT molecular complexity index is 271. The molecule has 1 heterocycles. The topological polar surface area (TPSA) is 55.4 Å². The molecule has 2 aliphatic rings. The van der Waals surface area contributed by atoms with Gasteiger partial charge in [0.1, 0.15) is 6.04 Å². The monoisotopic (exact) mass is 225 g/mol. The zero-order valence-electron chi connectivity index (χ0n) is 9.54. The zero-order valence-corrected chi connectivity index (χ0v) is 9.54. The number of hydrogen-bond acceptors (Lipinski definition) is 3. The molecule has 90 valence electrons. The summed E-state index contributed by atoms with van der Waals surface area (Å²) in [6.07, 6.45) is 7.28. The molecule has 1 N–H and O–H groups in total. The highest BCUT2D eigenvalue weighted by Gasteiger charge is 2.28. The minimum Gasteiger partial charge on any atom is -0.464 e. The average molecular weight is 225 g/mol. The summed E-state index contributed by atoms with van der Waals surface area (Å²) in [5, 5.41) is 2.76. The normalized spacial score (nSPS) is 26.5. The van der Waals surface area contributed by atoms with Crippen LogP contribution in [0.5, 0.6) is 0 Å². The molecule has 1 unspecified atom stereocenters. The molecule has 1 aliphatic heterocycles. The summed E-state index contributed by atoms with van der Waals surface area (Å²) in [6.45, 7) is 0.438. The zero-order chi connectivity index (χ0) is 11.4. The molecule has 16 heavy (non-hydrogen) atoms. The fraction of sp³-hybridized carbons (Fsp3) is 0.833. The molecule has 1 amide bonds. The first-order chi connectivity index (χ1) is 7.75. The van der Waals surface area contributed by atoms with Crippen molar-refractivity contribution in [2.75, 3.05) is 6.61 Å². The molecular weight excluding hydrogens is 206 g/mol. The van der Waals surface area contributed by atoms with Gasteiger partial charge in [-0.3, -0.25) is 4.79 Å². The SMILES string of the molecule is O=C(CC1CCCCC1)NC1CCOC1=O. The molecule has 1 saturated carbocycles. The molecule has 0 aromatic rings. The first-order valence-electron chi connectivity index (χ1n) is 6.21. The molecule has 0 bridgehead atoms. The quantitative estimate of drug-likeness (QED) is 0.738. The van der Waals surface area contributed by atoms with E-state index in [4.69, 9.17) is 4.74 Å². The third kappa shape index (κ3) is 2.97. The van der Waals surface area contributed by atoms with Crippen molar-refractivity contribution in [3.05, 3.63) is 0 Å². The standard InChI is InChI=1S/C12H19NO3/c14-11(8-9-4-2-1-3-5-9)13-10-6-7-16-12(10)15/h9-10H,1-8H2,(H,13,14). The lowest BCUT2D eigenvalue weighted by molar-refractivity contribution is -0.141. The van der Waals surface area contributed by atoms with Gasteiger partial charge < -0.3 is 10.1 Å². The third-order valence-electron chi connectivity index (χ3n) is 3.47. The van der Waals surface area contributed by atoms with Crippen LogP contribution in [0.3, 0.4) is 0 Å². The fourth-order valence-electron chi connectivity index (χ4n) is 2.53. The lowest BCUT2D eigenvalue weighted by Crippen LogP contribution is -2.38. The van der Waals surface area contributed by atoms with Gasteiger partial charge in [-0.15, -0.1) is 0 Å². The van der Waals surface area contributed by atoms with E-state index in [2.05, 4.69) is 5.32 Å². The largest absolute Gasteiger partial charge is 0.464 e. The molecule has 1 aliphatic carbocycles. The van der Waals surface area contributed by atoms with Gasteiger partial charge in [-0.2, -0.15) is 0 Å². The molecule has 0 spiro atoms. The maximum absolute atomic E-state index is 11.7. The Morgan fingerprint density at radius 2 is 2.00 bits per heavy atom. The predicted molar refractivity (Wildman–Crippen MR) is 58.7 cm³/mol. The van der Waals surface area contributed by atoms with Crippen LogP contribution >= 0.6 is 0 Å². The molecule has 0 radical (unpaired) electrons. The van der Waals surface area contributed by atoms with Gasteiger partial charge in [0.15, 0.2) is 0 Å². The van der Waals surface area contributed by atoms with Crippen LogP contribution in [-0.2, 0) is 14.3 Å². The highest BCUT2D eigenvalue weighted by molar-refractivity contribution is 5.85. The first kappa shape index (κ1) is 11.4. The molecular formula is C12H19NO3. The lowest BCUT2D eigenvalue weighted by atomic mass is 9.87. The van der Waals surface area contributed by atoms with Crippen LogP contribution in [0.4, 0.5) is 0 Å². The van der Waals surface area contributed by atoms with Crippen LogP contribution in [0, 0.1) is 5.92 Å². The van der Waals surface area contributed by atoms with E-state index in [0.717, 1.165) is 12.8 Å². The second-order valence-corrected chi connectivity index (χ2v) is 4.78. The second kappa shape index (κ2) is 5.32. The summed E-state index contributed by atoms with van der Waals surface area (Å²) < 4.78 is 4.80. The van der Waals surface area contributed by atoms with Crippen molar-refractivity contribution in [2.45, 2.75) is 51.0 Å². The Morgan fingerprint density at radius 3 is 2.62 bits per heavy atom. The van der Waals surface area contributed by atoms with Crippen molar-refractivity contribution in [1.82, 2.24) is 5.32 Å². The Kier molecular flexibility index (Phi) is 3.80. The summed E-state index contributed by atoms with van der Waals surface area (Å²) in [5.74, 6) is 0.249. The molecule has 4 heteroatoms. The molecule has 0 aromatic heterocycles. The number of hydrogen-bond donors (Lipinski definition) is 1. The highest BCUT2D eigenvalue weighted by Crippen LogP contribution is 2.26. The first-order valence-corrected chi connectivity index (χ1v) is 6.21. The van der Waals surface area contributed by atoms with Gasteiger partial charge in [-0.1, -0.05) is 19.3 Å². The molecule has 2 rings (SSSR count). The summed E-state index contributed by atoms with van der Waals surface area (Å²) in [5.41, 5.74) is 0. The Labute approximate surface area is 95.7 Å². The number of rotatable bonds is 3. The van der Waals surface area contributed by atoms with E-state index in [9.17, 15) is 9.59 Å². The van der Waals surface area contributed by atoms with Crippen molar-refractivity contribution < 1.29 is 14.3 Å². The van der Waals surface area contributed by atoms with Crippen LogP contribution in [0.1, 0.15) is 44.9 Å². The number of nitrogens with one attached hydrogen (secondary N) is 1.